The highest BCUT2D eigenvalue weighted by molar-refractivity contribution is 5.92. The topological polar surface area (TPSA) is 218 Å². The lowest BCUT2D eigenvalue weighted by Gasteiger charge is -2.26. The van der Waals surface area contributed by atoms with E-state index in [2.05, 4.69) is 26.6 Å². The van der Waals surface area contributed by atoms with Gasteiger partial charge in [0.2, 0.25) is 29.5 Å². The fourth-order valence-corrected chi connectivity index (χ4v) is 3.35. The summed E-state index contributed by atoms with van der Waals surface area (Å²) in [5.74, 6) is -3.41. The first-order chi connectivity index (χ1) is 18.7. The molecule has 1 aromatic carbocycles. The maximum atomic E-state index is 12.8. The molecule has 0 bridgehead atoms. The summed E-state index contributed by atoms with van der Waals surface area (Å²) in [6.07, 6.45) is -0.977. The number of rotatable bonds is 3. The Hall–Kier alpha value is -4.76. The normalized spacial score (nSPS) is 18.6. The van der Waals surface area contributed by atoms with Gasteiger partial charge in [-0.3, -0.25) is 39.0 Å². The van der Waals surface area contributed by atoms with E-state index < -0.39 is 78.4 Å². The van der Waals surface area contributed by atoms with Crippen molar-refractivity contribution in [2.45, 2.75) is 38.8 Å². The summed E-state index contributed by atoms with van der Waals surface area (Å²) in [5.41, 5.74) is -0.541. The molecule has 5 N–H and O–H groups in total. The largest absolute Gasteiger partial charge is 0.444 e. The number of nitrogens with one attached hydrogen (secondary N) is 5. The molecule has 1 fully saturated rings. The molecule has 40 heavy (non-hydrogen) atoms. The van der Waals surface area contributed by atoms with Crippen LogP contribution in [-0.4, -0.2) is 96.4 Å². The van der Waals surface area contributed by atoms with Gasteiger partial charge in [0.15, 0.2) is 0 Å². The Bertz CT molecular complexity index is 1130. The third kappa shape index (κ3) is 11.3. The SMILES string of the molecule is CC(C)(C)OC(=O)N1CC(=O)NCC(=O)NCCNC(=O)C(Cc2ccc([N+](=O)[O-])cc2)NC(=O)CNC(=O)C1. The van der Waals surface area contributed by atoms with E-state index in [0.29, 0.717) is 5.56 Å². The van der Waals surface area contributed by atoms with Crippen molar-refractivity contribution in [3.63, 3.8) is 0 Å². The number of amides is 6. The van der Waals surface area contributed by atoms with Crippen molar-refractivity contribution >= 4 is 41.3 Å². The Morgan fingerprint density at radius 3 is 2.00 bits per heavy atom. The number of nitrogens with zero attached hydrogens (tertiary/aromatic N) is 2. The third-order valence-corrected chi connectivity index (χ3v) is 5.20. The van der Waals surface area contributed by atoms with Gasteiger partial charge in [0.25, 0.3) is 5.69 Å². The molecular formula is C24H33N7O9. The molecule has 1 saturated heterocycles. The molecule has 2 rings (SSSR count). The highest BCUT2D eigenvalue weighted by atomic mass is 16.6. The van der Waals surface area contributed by atoms with Crippen molar-refractivity contribution < 1.29 is 38.4 Å². The van der Waals surface area contributed by atoms with E-state index >= 15 is 0 Å². The van der Waals surface area contributed by atoms with Crippen LogP contribution in [0.4, 0.5) is 10.5 Å². The van der Waals surface area contributed by atoms with Crippen molar-refractivity contribution in [1.82, 2.24) is 31.5 Å². The molecule has 16 nitrogen and oxygen atoms in total. The van der Waals surface area contributed by atoms with E-state index in [4.69, 9.17) is 4.74 Å². The van der Waals surface area contributed by atoms with Gasteiger partial charge in [-0.2, -0.15) is 0 Å². The van der Waals surface area contributed by atoms with Crippen molar-refractivity contribution in [2.75, 3.05) is 39.3 Å². The number of carbonyl (C=O) groups is 6. The molecule has 0 saturated carbocycles. The van der Waals surface area contributed by atoms with Crippen LogP contribution in [0.5, 0.6) is 0 Å². The molecule has 0 aromatic heterocycles. The lowest BCUT2D eigenvalue weighted by Crippen LogP contribution is -2.53. The summed E-state index contributed by atoms with van der Waals surface area (Å²) in [6.45, 7) is 2.63. The van der Waals surface area contributed by atoms with Crippen LogP contribution in [-0.2, 0) is 35.1 Å². The average Bonchev–Trinajstić information content (AvgIpc) is 2.86. The lowest BCUT2D eigenvalue weighted by atomic mass is 10.0. The Morgan fingerprint density at radius 1 is 0.900 bits per heavy atom. The number of non-ortho nitro benzene ring substituents is 1. The first kappa shape index (κ1) is 31.5. The predicted molar refractivity (Wildman–Crippen MR) is 139 cm³/mol. The van der Waals surface area contributed by atoms with Gasteiger partial charge < -0.3 is 31.3 Å². The minimum Gasteiger partial charge on any atom is -0.444 e. The molecule has 0 radical (unpaired) electrons. The number of ether oxygens (including phenoxy) is 1. The molecule has 0 spiro atoms. The molecule has 6 amide bonds. The molecule has 16 heteroatoms. The summed E-state index contributed by atoms with van der Waals surface area (Å²) < 4.78 is 5.24. The Kier molecular flexibility index (Phi) is 11.3. The number of hydrogen-bond acceptors (Lipinski definition) is 9. The molecule has 1 unspecified atom stereocenters. The van der Waals surface area contributed by atoms with Gasteiger partial charge in [-0.15, -0.1) is 0 Å². The Morgan fingerprint density at radius 2 is 1.45 bits per heavy atom. The van der Waals surface area contributed by atoms with Gasteiger partial charge in [-0.1, -0.05) is 12.1 Å². The Balaban J connectivity index is 2.18. The summed E-state index contributed by atoms with van der Waals surface area (Å²) in [6, 6.07) is 4.32. The highest BCUT2D eigenvalue weighted by Crippen LogP contribution is 2.13. The van der Waals surface area contributed by atoms with Crippen LogP contribution in [0.3, 0.4) is 0 Å². The van der Waals surface area contributed by atoms with Gasteiger partial charge >= 0.3 is 6.09 Å². The maximum Gasteiger partial charge on any atom is 0.411 e. The van der Waals surface area contributed by atoms with Gasteiger partial charge in [-0.25, -0.2) is 4.79 Å². The maximum absolute atomic E-state index is 12.8. The van der Waals surface area contributed by atoms with Gasteiger partial charge in [0, 0.05) is 31.6 Å². The summed E-state index contributed by atoms with van der Waals surface area (Å²) in [7, 11) is 0. The van der Waals surface area contributed by atoms with Crippen LogP contribution in [0.2, 0.25) is 0 Å². The van der Waals surface area contributed by atoms with Crippen LogP contribution in [0.15, 0.2) is 24.3 Å². The molecule has 0 aliphatic carbocycles. The van der Waals surface area contributed by atoms with Crippen molar-refractivity contribution in [3.05, 3.63) is 39.9 Å². The van der Waals surface area contributed by atoms with Gasteiger partial charge in [0.05, 0.1) is 18.0 Å². The third-order valence-electron chi connectivity index (χ3n) is 5.20. The van der Waals surface area contributed by atoms with Crippen LogP contribution < -0.4 is 26.6 Å². The number of benzene rings is 1. The first-order valence-corrected chi connectivity index (χ1v) is 12.3. The fourth-order valence-electron chi connectivity index (χ4n) is 3.35. The first-order valence-electron chi connectivity index (χ1n) is 12.3. The van der Waals surface area contributed by atoms with E-state index in [9.17, 15) is 38.9 Å². The van der Waals surface area contributed by atoms with Crippen LogP contribution in [0.25, 0.3) is 0 Å². The number of hydrogen-bond donors (Lipinski definition) is 5. The van der Waals surface area contributed by atoms with E-state index in [1.54, 1.807) is 20.8 Å². The van der Waals surface area contributed by atoms with Gasteiger partial charge in [0.1, 0.15) is 24.7 Å². The molecule has 1 atom stereocenters. The summed E-state index contributed by atoms with van der Waals surface area (Å²) in [4.78, 5) is 86.0. The van der Waals surface area contributed by atoms with E-state index in [0.717, 1.165) is 4.90 Å². The molecule has 1 heterocycles. The van der Waals surface area contributed by atoms with Gasteiger partial charge in [-0.05, 0) is 26.3 Å². The summed E-state index contributed by atoms with van der Waals surface area (Å²) in [5, 5.41) is 23.1. The lowest BCUT2D eigenvalue weighted by molar-refractivity contribution is -0.384. The number of carbonyl (C=O) groups excluding carboxylic acids is 6. The molecular weight excluding hydrogens is 530 g/mol. The molecule has 1 aromatic rings. The molecule has 1 aliphatic heterocycles. The second-order valence-electron chi connectivity index (χ2n) is 9.78. The second-order valence-corrected chi connectivity index (χ2v) is 9.78. The van der Waals surface area contributed by atoms with Crippen molar-refractivity contribution in [1.29, 1.82) is 0 Å². The zero-order valence-electron chi connectivity index (χ0n) is 22.4. The minimum atomic E-state index is -1.11. The monoisotopic (exact) mass is 563 g/mol. The van der Waals surface area contributed by atoms with Crippen LogP contribution in [0.1, 0.15) is 26.3 Å². The minimum absolute atomic E-state index is 0.00565. The Labute approximate surface area is 229 Å². The standard InChI is InChI=1S/C24H33N7O9/c1-24(2,3)40-23(37)30-13-20(34)27-11-18(32)25-8-9-26-22(36)17(29-19(33)12-28-21(35)14-30)10-15-4-6-16(7-5-15)31(38)39/h4-7,17H,8-14H2,1-3H3,(H,25,32)(H,26,36)(H,27,34)(H,28,35)(H,29,33). The van der Waals surface area contributed by atoms with Crippen molar-refractivity contribution in [3.8, 4) is 0 Å². The van der Waals surface area contributed by atoms with E-state index in [1.165, 1.54) is 24.3 Å². The van der Waals surface area contributed by atoms with E-state index in [1.807, 2.05) is 0 Å². The number of nitro groups is 1. The quantitative estimate of drug-likeness (QED) is 0.210. The molecule has 1 aliphatic rings. The smallest absolute Gasteiger partial charge is 0.411 e. The highest BCUT2D eigenvalue weighted by Gasteiger charge is 2.27. The van der Waals surface area contributed by atoms with Crippen LogP contribution in [0, 0.1) is 10.1 Å². The number of nitro benzene ring substituents is 1. The zero-order valence-corrected chi connectivity index (χ0v) is 22.4. The van der Waals surface area contributed by atoms with Crippen molar-refractivity contribution in [2.24, 2.45) is 0 Å². The fraction of sp³-hybridized carbons (Fsp3) is 0.500. The second kappa shape index (κ2) is 14.4. The molecule has 218 valence electrons. The predicted octanol–water partition coefficient (Wildman–Crippen LogP) is -1.66. The zero-order chi connectivity index (χ0) is 29.9. The average molecular weight is 564 g/mol. The summed E-state index contributed by atoms with van der Waals surface area (Å²) >= 11 is 0. The van der Waals surface area contributed by atoms with Crippen LogP contribution >= 0.6 is 0 Å². The van der Waals surface area contributed by atoms with E-state index in [-0.39, 0.29) is 25.2 Å².